The minimum Gasteiger partial charge on any atom is -0.452 e. The SMILES string of the molecule is C[C@H](OC(=O)C1CCN(S(=O)(=O)c2ccccc2)CC1)C(=O)Nc1nc(-c2ccccc2)cs1. The minimum atomic E-state index is -3.59. The lowest BCUT2D eigenvalue weighted by Gasteiger charge is -2.30. The van der Waals surface area contributed by atoms with Crippen LogP contribution in [0.4, 0.5) is 5.13 Å². The molecule has 1 fully saturated rings. The summed E-state index contributed by atoms with van der Waals surface area (Å²) in [5, 5.41) is 4.96. The van der Waals surface area contributed by atoms with Crippen molar-refractivity contribution in [3.05, 3.63) is 66.0 Å². The van der Waals surface area contributed by atoms with Crippen LogP contribution < -0.4 is 5.32 Å². The predicted octanol–water partition coefficient (Wildman–Crippen LogP) is 3.78. The number of carbonyl (C=O) groups is 2. The van der Waals surface area contributed by atoms with E-state index in [9.17, 15) is 18.0 Å². The Morgan fingerprint density at radius 1 is 1.06 bits per heavy atom. The van der Waals surface area contributed by atoms with Gasteiger partial charge in [0.15, 0.2) is 11.2 Å². The molecule has 0 bridgehead atoms. The Kier molecular flexibility index (Phi) is 7.40. The molecular formula is C24H25N3O5S2. The Morgan fingerprint density at radius 3 is 2.32 bits per heavy atom. The van der Waals surface area contributed by atoms with E-state index in [4.69, 9.17) is 4.74 Å². The Bertz CT molecular complexity index is 1240. The van der Waals surface area contributed by atoms with Gasteiger partial charge in [-0.2, -0.15) is 4.31 Å². The summed E-state index contributed by atoms with van der Waals surface area (Å²) in [5.41, 5.74) is 1.70. The lowest BCUT2D eigenvalue weighted by atomic mass is 9.98. The predicted molar refractivity (Wildman–Crippen MR) is 130 cm³/mol. The van der Waals surface area contributed by atoms with Crippen LogP contribution in [-0.2, 0) is 24.3 Å². The molecule has 34 heavy (non-hydrogen) atoms. The maximum atomic E-state index is 12.7. The Hall–Kier alpha value is -3.08. The second-order valence-electron chi connectivity index (χ2n) is 7.96. The summed E-state index contributed by atoms with van der Waals surface area (Å²) >= 11 is 1.29. The van der Waals surface area contributed by atoms with Crippen LogP contribution in [0.1, 0.15) is 19.8 Å². The smallest absolute Gasteiger partial charge is 0.309 e. The molecule has 2 aromatic carbocycles. The van der Waals surface area contributed by atoms with Gasteiger partial charge in [-0.1, -0.05) is 48.5 Å². The van der Waals surface area contributed by atoms with E-state index in [1.54, 1.807) is 30.3 Å². The highest BCUT2D eigenvalue weighted by molar-refractivity contribution is 7.89. The number of thiazole rings is 1. The van der Waals surface area contributed by atoms with E-state index < -0.39 is 33.9 Å². The summed E-state index contributed by atoms with van der Waals surface area (Å²) in [6.07, 6.45) is -0.319. The molecule has 8 nitrogen and oxygen atoms in total. The van der Waals surface area contributed by atoms with E-state index in [2.05, 4.69) is 10.3 Å². The lowest BCUT2D eigenvalue weighted by molar-refractivity contribution is -0.158. The number of benzene rings is 2. The van der Waals surface area contributed by atoms with E-state index in [0.717, 1.165) is 11.3 Å². The molecule has 178 valence electrons. The normalized spacial score (nSPS) is 16.0. The zero-order valence-corrected chi connectivity index (χ0v) is 20.2. The van der Waals surface area contributed by atoms with Crippen molar-refractivity contribution < 1.29 is 22.7 Å². The van der Waals surface area contributed by atoms with Crippen LogP contribution >= 0.6 is 11.3 Å². The molecule has 1 amide bonds. The van der Waals surface area contributed by atoms with E-state index in [0.29, 0.717) is 18.0 Å². The molecule has 1 saturated heterocycles. The van der Waals surface area contributed by atoms with Crippen LogP contribution in [-0.4, -0.2) is 48.8 Å². The molecule has 1 aliphatic heterocycles. The molecule has 1 aromatic heterocycles. The maximum Gasteiger partial charge on any atom is 0.309 e. The fourth-order valence-electron chi connectivity index (χ4n) is 3.68. The third kappa shape index (κ3) is 5.52. The number of rotatable bonds is 7. The van der Waals surface area contributed by atoms with Crippen LogP contribution in [0, 0.1) is 5.92 Å². The molecule has 1 atom stereocenters. The molecule has 1 N–H and O–H groups in total. The Labute approximate surface area is 202 Å². The number of nitrogens with one attached hydrogen (secondary N) is 1. The first-order valence-corrected chi connectivity index (χ1v) is 13.2. The van der Waals surface area contributed by atoms with Crippen molar-refractivity contribution in [2.24, 2.45) is 5.92 Å². The summed E-state index contributed by atoms with van der Waals surface area (Å²) in [6.45, 7) is 1.95. The minimum absolute atomic E-state index is 0.221. The van der Waals surface area contributed by atoms with E-state index in [1.165, 1.54) is 22.6 Å². The zero-order chi connectivity index (χ0) is 24.1. The fourth-order valence-corrected chi connectivity index (χ4v) is 5.89. The van der Waals surface area contributed by atoms with Gasteiger partial charge in [0.05, 0.1) is 16.5 Å². The first-order chi connectivity index (χ1) is 16.3. The summed E-state index contributed by atoms with van der Waals surface area (Å²) in [7, 11) is -3.59. The number of nitrogens with zero attached hydrogens (tertiary/aromatic N) is 2. The van der Waals surface area contributed by atoms with E-state index >= 15 is 0 Å². The quantitative estimate of drug-likeness (QED) is 0.496. The molecule has 3 aromatic rings. The van der Waals surface area contributed by atoms with Crippen LogP contribution in [0.3, 0.4) is 0 Å². The van der Waals surface area contributed by atoms with Gasteiger partial charge in [-0.3, -0.25) is 14.9 Å². The number of ether oxygens (including phenoxy) is 1. The summed E-state index contributed by atoms with van der Waals surface area (Å²) in [6, 6.07) is 17.8. The molecule has 4 rings (SSSR count). The molecule has 1 aliphatic rings. The monoisotopic (exact) mass is 499 g/mol. The van der Waals surface area contributed by atoms with Crippen LogP contribution in [0.5, 0.6) is 0 Å². The molecular weight excluding hydrogens is 474 g/mol. The number of sulfonamides is 1. The van der Waals surface area contributed by atoms with Gasteiger partial charge in [-0.25, -0.2) is 13.4 Å². The number of amides is 1. The van der Waals surface area contributed by atoms with Crippen LogP contribution in [0.2, 0.25) is 0 Å². The van der Waals surface area contributed by atoms with Gasteiger partial charge in [0, 0.05) is 24.0 Å². The van der Waals surface area contributed by atoms with Crippen molar-refractivity contribution in [3.8, 4) is 11.3 Å². The van der Waals surface area contributed by atoms with Crippen molar-refractivity contribution >= 4 is 38.4 Å². The molecule has 0 spiro atoms. The molecule has 2 heterocycles. The first-order valence-electron chi connectivity index (χ1n) is 10.9. The maximum absolute atomic E-state index is 12.7. The van der Waals surface area contributed by atoms with Gasteiger partial charge in [0.25, 0.3) is 5.91 Å². The fraction of sp³-hybridized carbons (Fsp3) is 0.292. The highest BCUT2D eigenvalue weighted by Gasteiger charge is 2.34. The van der Waals surface area contributed by atoms with Gasteiger partial charge in [0.2, 0.25) is 10.0 Å². The van der Waals surface area contributed by atoms with Crippen LogP contribution in [0.25, 0.3) is 11.3 Å². The molecule has 0 unspecified atom stereocenters. The average Bonchev–Trinajstić information content (AvgIpc) is 3.33. The molecule has 0 aliphatic carbocycles. The number of anilines is 1. The topological polar surface area (TPSA) is 106 Å². The number of piperidine rings is 1. The van der Waals surface area contributed by atoms with E-state index in [1.807, 2.05) is 35.7 Å². The summed E-state index contributed by atoms with van der Waals surface area (Å²) < 4.78 is 32.3. The first kappa shape index (κ1) is 24.1. The van der Waals surface area contributed by atoms with Crippen molar-refractivity contribution in [3.63, 3.8) is 0 Å². The third-order valence-electron chi connectivity index (χ3n) is 5.63. The lowest BCUT2D eigenvalue weighted by Crippen LogP contribution is -2.41. The van der Waals surface area contributed by atoms with Gasteiger partial charge in [0.1, 0.15) is 0 Å². The van der Waals surface area contributed by atoms with Crippen molar-refractivity contribution in [1.82, 2.24) is 9.29 Å². The average molecular weight is 500 g/mol. The molecule has 10 heteroatoms. The highest BCUT2D eigenvalue weighted by Crippen LogP contribution is 2.26. The van der Waals surface area contributed by atoms with Crippen molar-refractivity contribution in [2.75, 3.05) is 18.4 Å². The van der Waals surface area contributed by atoms with E-state index in [-0.39, 0.29) is 18.0 Å². The Morgan fingerprint density at radius 2 is 1.68 bits per heavy atom. The summed E-state index contributed by atoms with van der Waals surface area (Å²) in [5.74, 6) is -1.42. The van der Waals surface area contributed by atoms with Gasteiger partial charge in [-0.15, -0.1) is 11.3 Å². The number of esters is 1. The third-order valence-corrected chi connectivity index (χ3v) is 8.30. The largest absolute Gasteiger partial charge is 0.452 e. The number of carbonyl (C=O) groups excluding carboxylic acids is 2. The molecule has 0 saturated carbocycles. The number of hydrogen-bond donors (Lipinski definition) is 1. The van der Waals surface area contributed by atoms with Gasteiger partial charge in [-0.05, 0) is 31.9 Å². The van der Waals surface area contributed by atoms with Gasteiger partial charge < -0.3 is 4.74 Å². The molecule has 0 radical (unpaired) electrons. The van der Waals surface area contributed by atoms with Crippen LogP contribution in [0.15, 0.2) is 70.9 Å². The zero-order valence-electron chi connectivity index (χ0n) is 18.6. The second-order valence-corrected chi connectivity index (χ2v) is 10.8. The summed E-state index contributed by atoms with van der Waals surface area (Å²) in [4.78, 5) is 29.8. The Balaban J connectivity index is 1.28. The van der Waals surface area contributed by atoms with Crippen molar-refractivity contribution in [2.45, 2.75) is 30.8 Å². The number of aromatic nitrogens is 1. The van der Waals surface area contributed by atoms with Crippen molar-refractivity contribution in [1.29, 1.82) is 0 Å². The number of hydrogen-bond acceptors (Lipinski definition) is 7. The highest BCUT2D eigenvalue weighted by atomic mass is 32.2. The standard InChI is InChI=1S/C24H25N3O5S2/c1-17(22(28)26-24-25-21(16-33-24)18-8-4-2-5-9-18)32-23(29)19-12-14-27(15-13-19)34(30,31)20-10-6-3-7-11-20/h2-11,16-17,19H,12-15H2,1H3,(H,25,26,28)/t17-/m0/s1. The van der Waals surface area contributed by atoms with Gasteiger partial charge >= 0.3 is 5.97 Å². The second kappa shape index (κ2) is 10.5.